The van der Waals surface area contributed by atoms with E-state index in [1.165, 1.54) is 30.0 Å². The van der Waals surface area contributed by atoms with Crippen LogP contribution in [0.1, 0.15) is 49.5 Å². The van der Waals surface area contributed by atoms with Crippen molar-refractivity contribution in [2.45, 2.75) is 51.7 Å². The van der Waals surface area contributed by atoms with Crippen LogP contribution in [0, 0.1) is 12.7 Å². The number of likely N-dealkylation sites (tertiary alicyclic amines) is 1. The first-order valence-corrected chi connectivity index (χ1v) is 9.08. The molecular formula is C20H26FNO6. The average Bonchev–Trinajstić information content (AvgIpc) is 2.60. The number of halogens is 1. The molecule has 1 aliphatic heterocycles. The second kappa shape index (κ2) is 8.26. The lowest BCUT2D eigenvalue weighted by Gasteiger charge is -2.36. The predicted octanol–water partition coefficient (Wildman–Crippen LogP) is 2.62. The van der Waals surface area contributed by atoms with Gasteiger partial charge in [-0.25, -0.2) is 14.0 Å². The third-order valence-corrected chi connectivity index (χ3v) is 4.44. The van der Waals surface area contributed by atoms with E-state index >= 15 is 0 Å². The van der Waals surface area contributed by atoms with Crippen molar-refractivity contribution in [3.63, 3.8) is 0 Å². The summed E-state index contributed by atoms with van der Waals surface area (Å²) < 4.78 is 23.5. The number of aryl methyl sites for hydroxylation is 1. The summed E-state index contributed by atoms with van der Waals surface area (Å²) in [7, 11) is 0. The van der Waals surface area contributed by atoms with Crippen molar-refractivity contribution >= 4 is 17.8 Å². The molecular weight excluding hydrogens is 369 g/mol. The number of esters is 1. The molecule has 1 N–H and O–H groups in total. The number of Topliss-reactive ketones (excluding diaryl/α,β-unsaturated/α-hetero) is 1. The minimum Gasteiger partial charge on any atom is -0.455 e. The summed E-state index contributed by atoms with van der Waals surface area (Å²) in [5.41, 5.74) is -1.87. The topological polar surface area (TPSA) is 93.1 Å². The largest absolute Gasteiger partial charge is 0.455 e. The molecule has 1 aromatic rings. The van der Waals surface area contributed by atoms with Crippen molar-refractivity contribution in [3.8, 4) is 0 Å². The highest BCUT2D eigenvalue weighted by atomic mass is 19.1. The van der Waals surface area contributed by atoms with Gasteiger partial charge in [0.1, 0.15) is 11.4 Å². The van der Waals surface area contributed by atoms with E-state index < -0.39 is 41.5 Å². The number of nitrogens with zero attached hydrogens (tertiary/aromatic N) is 1. The number of ketones is 1. The van der Waals surface area contributed by atoms with Crippen LogP contribution >= 0.6 is 0 Å². The van der Waals surface area contributed by atoms with E-state index in [0.717, 1.165) is 0 Å². The number of aliphatic hydroxyl groups is 1. The zero-order valence-electron chi connectivity index (χ0n) is 16.6. The quantitative estimate of drug-likeness (QED) is 0.622. The third-order valence-electron chi connectivity index (χ3n) is 4.44. The molecule has 1 aliphatic rings. The maximum absolute atomic E-state index is 13.3. The molecule has 1 fully saturated rings. The first-order valence-electron chi connectivity index (χ1n) is 9.08. The van der Waals surface area contributed by atoms with Crippen molar-refractivity contribution < 1.29 is 33.4 Å². The van der Waals surface area contributed by atoms with Gasteiger partial charge < -0.3 is 19.5 Å². The lowest BCUT2D eigenvalue weighted by molar-refractivity contribution is -0.169. The minimum atomic E-state index is -1.77. The van der Waals surface area contributed by atoms with Crippen LogP contribution in [0.25, 0.3) is 0 Å². The predicted molar refractivity (Wildman–Crippen MR) is 98.4 cm³/mol. The molecule has 0 atom stereocenters. The Kier molecular flexibility index (Phi) is 6.44. The van der Waals surface area contributed by atoms with Crippen LogP contribution in [0.15, 0.2) is 18.2 Å². The Morgan fingerprint density at radius 3 is 2.36 bits per heavy atom. The number of hydrogen-bond acceptors (Lipinski definition) is 6. The first-order chi connectivity index (χ1) is 12.9. The Morgan fingerprint density at radius 2 is 1.82 bits per heavy atom. The molecule has 1 heterocycles. The Bertz CT molecular complexity index is 762. The monoisotopic (exact) mass is 395 g/mol. The summed E-state index contributed by atoms with van der Waals surface area (Å²) in [4.78, 5) is 37.9. The van der Waals surface area contributed by atoms with Gasteiger partial charge in [-0.15, -0.1) is 0 Å². The number of rotatable bonds is 4. The van der Waals surface area contributed by atoms with E-state index in [9.17, 15) is 23.9 Å². The molecule has 0 radical (unpaired) electrons. The highest BCUT2D eigenvalue weighted by Gasteiger charge is 2.42. The van der Waals surface area contributed by atoms with E-state index in [-0.39, 0.29) is 31.5 Å². The zero-order valence-corrected chi connectivity index (χ0v) is 16.6. The number of hydrogen-bond donors (Lipinski definition) is 1. The molecule has 0 spiro atoms. The second-order valence-corrected chi connectivity index (χ2v) is 7.96. The number of ether oxygens (including phenoxy) is 2. The fourth-order valence-corrected chi connectivity index (χ4v) is 2.76. The van der Waals surface area contributed by atoms with Crippen LogP contribution in [0.3, 0.4) is 0 Å². The van der Waals surface area contributed by atoms with Crippen molar-refractivity contribution in [2.24, 2.45) is 0 Å². The van der Waals surface area contributed by atoms with Crippen molar-refractivity contribution in [3.05, 3.63) is 35.1 Å². The van der Waals surface area contributed by atoms with Gasteiger partial charge in [-0.3, -0.25) is 4.79 Å². The minimum absolute atomic E-state index is 0.0189. The standard InChI is InChI=1S/C20H26FNO6/c1-13-11-14(5-6-15(13)21)16(23)12-27-17(24)20(26)7-9-22(10-8-20)18(25)28-19(2,3)4/h5-6,11,26H,7-10,12H2,1-4H3. The Morgan fingerprint density at radius 1 is 1.21 bits per heavy atom. The number of piperidine rings is 1. The van der Waals surface area contributed by atoms with Crippen LogP contribution in [0.2, 0.25) is 0 Å². The maximum Gasteiger partial charge on any atom is 0.410 e. The number of carbonyl (C=O) groups excluding carboxylic acids is 3. The van der Waals surface area contributed by atoms with Crippen molar-refractivity contribution in [2.75, 3.05) is 19.7 Å². The SMILES string of the molecule is Cc1cc(C(=O)COC(=O)C2(O)CCN(C(=O)OC(C)(C)C)CC2)ccc1F. The molecule has 0 saturated carbocycles. The highest BCUT2D eigenvalue weighted by molar-refractivity contribution is 5.98. The van der Waals surface area contributed by atoms with Gasteiger partial charge in [-0.1, -0.05) is 0 Å². The molecule has 8 heteroatoms. The molecule has 1 aromatic carbocycles. The third kappa shape index (κ3) is 5.51. The maximum atomic E-state index is 13.3. The van der Waals surface area contributed by atoms with Gasteiger partial charge in [0.05, 0.1) is 0 Å². The molecule has 0 bridgehead atoms. The summed E-state index contributed by atoms with van der Waals surface area (Å²) in [6, 6.07) is 3.86. The summed E-state index contributed by atoms with van der Waals surface area (Å²) in [6.45, 7) is 6.49. The second-order valence-electron chi connectivity index (χ2n) is 7.96. The molecule has 0 aliphatic carbocycles. The van der Waals surface area contributed by atoms with Crippen molar-refractivity contribution in [1.29, 1.82) is 0 Å². The fraction of sp³-hybridized carbons (Fsp3) is 0.550. The molecule has 28 heavy (non-hydrogen) atoms. The summed E-state index contributed by atoms with van der Waals surface area (Å²) in [6.07, 6.45) is -0.547. The number of amides is 1. The average molecular weight is 395 g/mol. The Hall–Kier alpha value is -2.48. The van der Waals surface area contributed by atoms with Crippen LogP contribution in [-0.4, -0.2) is 58.8 Å². The van der Waals surface area contributed by atoms with Gasteiger partial charge in [0.25, 0.3) is 0 Å². The number of benzene rings is 1. The summed E-state index contributed by atoms with van der Waals surface area (Å²) >= 11 is 0. The van der Waals surface area contributed by atoms with Gasteiger partial charge in [0.2, 0.25) is 0 Å². The van der Waals surface area contributed by atoms with Gasteiger partial charge in [-0.05, 0) is 51.5 Å². The highest BCUT2D eigenvalue weighted by Crippen LogP contribution is 2.25. The Balaban J connectivity index is 1.88. The normalized spacial score (nSPS) is 16.4. The molecule has 1 saturated heterocycles. The van der Waals surface area contributed by atoms with E-state index in [0.29, 0.717) is 5.56 Å². The lowest BCUT2D eigenvalue weighted by atomic mass is 9.92. The van der Waals surface area contributed by atoms with Crippen LogP contribution in [0.5, 0.6) is 0 Å². The van der Waals surface area contributed by atoms with Crippen LogP contribution in [0.4, 0.5) is 9.18 Å². The van der Waals surface area contributed by atoms with E-state index in [4.69, 9.17) is 9.47 Å². The fourth-order valence-electron chi connectivity index (χ4n) is 2.76. The summed E-state index contributed by atoms with van der Waals surface area (Å²) in [5, 5.41) is 10.5. The molecule has 1 amide bonds. The molecule has 154 valence electrons. The zero-order chi connectivity index (χ0) is 21.1. The smallest absolute Gasteiger partial charge is 0.410 e. The Labute approximate surface area is 163 Å². The lowest BCUT2D eigenvalue weighted by Crippen LogP contribution is -2.52. The van der Waals surface area contributed by atoms with E-state index in [1.54, 1.807) is 20.8 Å². The van der Waals surface area contributed by atoms with Gasteiger partial charge in [-0.2, -0.15) is 0 Å². The van der Waals surface area contributed by atoms with Gasteiger partial charge >= 0.3 is 12.1 Å². The molecule has 0 unspecified atom stereocenters. The van der Waals surface area contributed by atoms with Crippen LogP contribution in [-0.2, 0) is 14.3 Å². The van der Waals surface area contributed by atoms with E-state index in [1.807, 2.05) is 0 Å². The van der Waals surface area contributed by atoms with Gasteiger partial charge in [0.15, 0.2) is 18.0 Å². The number of carbonyl (C=O) groups is 3. The van der Waals surface area contributed by atoms with Crippen molar-refractivity contribution in [1.82, 2.24) is 4.90 Å². The molecule has 0 aromatic heterocycles. The van der Waals surface area contributed by atoms with Gasteiger partial charge in [0, 0.05) is 31.5 Å². The molecule has 2 rings (SSSR count). The van der Waals surface area contributed by atoms with Crippen LogP contribution < -0.4 is 0 Å². The summed E-state index contributed by atoms with van der Waals surface area (Å²) in [5.74, 6) is -1.84. The van der Waals surface area contributed by atoms with E-state index in [2.05, 4.69) is 0 Å². The molecule has 7 nitrogen and oxygen atoms in total. The first kappa shape index (κ1) is 21.8.